The van der Waals surface area contributed by atoms with Gasteiger partial charge in [-0.2, -0.15) is 0 Å². The van der Waals surface area contributed by atoms with E-state index in [1.807, 2.05) is 0 Å². The Balaban J connectivity index is 1.83. The third-order valence-electron chi connectivity index (χ3n) is 3.40. The number of nitrogen functional groups attached to an aromatic ring is 1. The molecule has 2 rings (SSSR count). The Labute approximate surface area is 107 Å². The van der Waals surface area contributed by atoms with Gasteiger partial charge in [0.25, 0.3) is 0 Å². The maximum Gasteiger partial charge on any atom is 0.141 e. The molecule has 0 amide bonds. The van der Waals surface area contributed by atoms with Crippen molar-refractivity contribution in [2.45, 2.75) is 25.3 Å². The topological polar surface area (TPSA) is 75.2 Å². The van der Waals surface area contributed by atoms with Crippen LogP contribution in [0.1, 0.15) is 25.0 Å². The fourth-order valence-corrected chi connectivity index (χ4v) is 2.31. The van der Waals surface area contributed by atoms with Crippen LogP contribution in [0.3, 0.4) is 0 Å². The van der Waals surface area contributed by atoms with Crippen molar-refractivity contribution in [3.05, 3.63) is 24.0 Å². The second-order valence-electron chi connectivity index (χ2n) is 4.70. The summed E-state index contributed by atoms with van der Waals surface area (Å²) in [6, 6.07) is 4.14. The van der Waals surface area contributed by atoms with Gasteiger partial charge in [-0.25, -0.2) is 0 Å². The van der Waals surface area contributed by atoms with Gasteiger partial charge in [0, 0.05) is 18.3 Å². The number of rotatable bonds is 5. The zero-order valence-corrected chi connectivity index (χ0v) is 10.7. The molecule has 5 nitrogen and oxygen atoms in total. The van der Waals surface area contributed by atoms with Crippen LogP contribution in [0.4, 0.5) is 0 Å². The van der Waals surface area contributed by atoms with Crippen molar-refractivity contribution in [3.8, 4) is 5.75 Å². The second kappa shape index (κ2) is 5.82. The molecule has 1 aromatic rings. The molecule has 1 fully saturated rings. The summed E-state index contributed by atoms with van der Waals surface area (Å²) in [6.45, 7) is 1.88. The molecule has 1 aromatic heterocycles. The summed E-state index contributed by atoms with van der Waals surface area (Å²) >= 11 is 0. The number of likely N-dealkylation sites (tertiary alicyclic amines) is 1. The minimum atomic E-state index is -0.0315. The van der Waals surface area contributed by atoms with Crippen molar-refractivity contribution in [1.82, 2.24) is 9.88 Å². The van der Waals surface area contributed by atoms with Crippen LogP contribution >= 0.6 is 0 Å². The molecule has 0 spiro atoms. The Morgan fingerprint density at radius 1 is 1.67 bits per heavy atom. The maximum absolute atomic E-state index is 7.32. The van der Waals surface area contributed by atoms with Crippen molar-refractivity contribution in [3.63, 3.8) is 0 Å². The highest BCUT2D eigenvalue weighted by atomic mass is 16.5. The van der Waals surface area contributed by atoms with Gasteiger partial charge in [0.1, 0.15) is 17.3 Å². The smallest absolute Gasteiger partial charge is 0.141 e. The first-order valence-corrected chi connectivity index (χ1v) is 6.30. The monoisotopic (exact) mass is 248 g/mol. The van der Waals surface area contributed by atoms with Crippen LogP contribution in [0.5, 0.6) is 5.75 Å². The largest absolute Gasteiger partial charge is 0.493 e. The van der Waals surface area contributed by atoms with Crippen molar-refractivity contribution in [2.75, 3.05) is 20.2 Å². The Morgan fingerprint density at radius 2 is 2.50 bits per heavy atom. The van der Waals surface area contributed by atoms with Crippen LogP contribution in [0.2, 0.25) is 0 Å². The Kier molecular flexibility index (Phi) is 4.15. The third kappa shape index (κ3) is 3.20. The molecule has 5 heteroatoms. The minimum Gasteiger partial charge on any atom is -0.493 e. The number of ether oxygens (including phenoxy) is 1. The van der Waals surface area contributed by atoms with E-state index < -0.39 is 0 Å². The quantitative estimate of drug-likeness (QED) is 0.607. The molecule has 1 aliphatic rings. The van der Waals surface area contributed by atoms with E-state index in [0.717, 1.165) is 12.2 Å². The summed E-state index contributed by atoms with van der Waals surface area (Å²) in [5.41, 5.74) is 5.85. The molecule has 98 valence electrons. The van der Waals surface area contributed by atoms with Crippen LogP contribution in [-0.2, 0) is 0 Å². The van der Waals surface area contributed by atoms with Crippen molar-refractivity contribution in [2.24, 2.45) is 5.73 Å². The van der Waals surface area contributed by atoms with Crippen LogP contribution < -0.4 is 10.5 Å². The van der Waals surface area contributed by atoms with Crippen molar-refractivity contribution < 1.29 is 4.74 Å². The standard InChI is InChI=1S/C13H20N4O/c1-17-7-2-3-10(17)5-8-18-11-4-6-16-12(9-11)13(14)15/h4,6,9-10H,2-3,5,7-8H2,1H3,(H3,14,15). The molecule has 0 bridgehead atoms. The molecule has 0 saturated carbocycles. The zero-order valence-electron chi connectivity index (χ0n) is 10.7. The van der Waals surface area contributed by atoms with Crippen molar-refractivity contribution >= 4 is 5.84 Å². The van der Waals surface area contributed by atoms with Gasteiger partial charge in [-0.05, 0) is 38.9 Å². The molecule has 1 aliphatic heterocycles. The molecule has 1 atom stereocenters. The Morgan fingerprint density at radius 3 is 3.17 bits per heavy atom. The minimum absolute atomic E-state index is 0.0315. The van der Waals surface area contributed by atoms with Gasteiger partial charge in [0.2, 0.25) is 0 Å². The zero-order chi connectivity index (χ0) is 13.0. The number of nitrogens with two attached hydrogens (primary N) is 1. The molecule has 2 heterocycles. The predicted molar refractivity (Wildman–Crippen MR) is 71.0 cm³/mol. The molecular weight excluding hydrogens is 228 g/mol. The molecular formula is C13H20N4O. The summed E-state index contributed by atoms with van der Waals surface area (Å²) in [6.07, 6.45) is 5.20. The highest BCUT2D eigenvalue weighted by molar-refractivity contribution is 5.93. The van der Waals surface area contributed by atoms with E-state index in [1.54, 1.807) is 18.3 Å². The SMILES string of the molecule is CN1CCCC1CCOc1ccnc(C(=N)N)c1. The summed E-state index contributed by atoms with van der Waals surface area (Å²) in [5.74, 6) is 0.701. The maximum atomic E-state index is 7.32. The van der Waals surface area contributed by atoms with Crippen LogP contribution in [-0.4, -0.2) is 42.0 Å². The number of nitrogens with one attached hydrogen (secondary N) is 1. The number of hydrogen-bond donors (Lipinski definition) is 2. The van der Waals surface area contributed by atoms with Gasteiger partial charge in [0.15, 0.2) is 0 Å². The summed E-state index contributed by atoms with van der Waals surface area (Å²) in [5, 5.41) is 7.32. The first kappa shape index (κ1) is 12.8. The highest BCUT2D eigenvalue weighted by Crippen LogP contribution is 2.18. The first-order chi connectivity index (χ1) is 8.66. The molecule has 0 radical (unpaired) electrons. The predicted octanol–water partition coefficient (Wildman–Crippen LogP) is 1.23. The fourth-order valence-electron chi connectivity index (χ4n) is 2.31. The lowest BCUT2D eigenvalue weighted by molar-refractivity contribution is 0.233. The summed E-state index contributed by atoms with van der Waals surface area (Å²) in [7, 11) is 2.16. The first-order valence-electron chi connectivity index (χ1n) is 6.30. The molecule has 18 heavy (non-hydrogen) atoms. The lowest BCUT2D eigenvalue weighted by atomic mass is 10.1. The molecule has 0 aromatic carbocycles. The number of hydrogen-bond acceptors (Lipinski definition) is 4. The number of aromatic nitrogens is 1. The van der Waals surface area contributed by atoms with E-state index in [9.17, 15) is 0 Å². The number of amidine groups is 1. The third-order valence-corrected chi connectivity index (χ3v) is 3.40. The fraction of sp³-hybridized carbons (Fsp3) is 0.538. The van der Waals surface area contributed by atoms with Gasteiger partial charge >= 0.3 is 0 Å². The number of nitrogens with zero attached hydrogens (tertiary/aromatic N) is 2. The van der Waals surface area contributed by atoms with Crippen LogP contribution in [0.15, 0.2) is 18.3 Å². The summed E-state index contributed by atoms with van der Waals surface area (Å²) in [4.78, 5) is 6.38. The van der Waals surface area contributed by atoms with Gasteiger partial charge in [-0.1, -0.05) is 0 Å². The van der Waals surface area contributed by atoms with E-state index >= 15 is 0 Å². The van der Waals surface area contributed by atoms with E-state index in [2.05, 4.69) is 16.9 Å². The van der Waals surface area contributed by atoms with Gasteiger partial charge < -0.3 is 15.4 Å². The molecule has 3 N–H and O–H groups in total. The Bertz CT molecular complexity index is 421. The van der Waals surface area contributed by atoms with E-state index in [-0.39, 0.29) is 5.84 Å². The molecule has 0 aliphatic carbocycles. The molecule has 1 saturated heterocycles. The second-order valence-corrected chi connectivity index (χ2v) is 4.70. The normalized spacial score (nSPS) is 19.9. The van der Waals surface area contributed by atoms with Crippen molar-refractivity contribution in [1.29, 1.82) is 5.41 Å². The molecule has 1 unspecified atom stereocenters. The van der Waals surface area contributed by atoms with E-state index in [1.165, 1.54) is 19.4 Å². The van der Waals surface area contributed by atoms with E-state index in [0.29, 0.717) is 18.3 Å². The number of pyridine rings is 1. The van der Waals surface area contributed by atoms with Gasteiger partial charge in [0.05, 0.1) is 6.61 Å². The van der Waals surface area contributed by atoms with E-state index in [4.69, 9.17) is 15.9 Å². The highest BCUT2D eigenvalue weighted by Gasteiger charge is 2.20. The van der Waals surface area contributed by atoms with Crippen LogP contribution in [0, 0.1) is 5.41 Å². The lowest BCUT2D eigenvalue weighted by Crippen LogP contribution is -2.26. The van der Waals surface area contributed by atoms with Gasteiger partial charge in [-0.15, -0.1) is 0 Å². The van der Waals surface area contributed by atoms with Crippen LogP contribution in [0.25, 0.3) is 0 Å². The summed E-state index contributed by atoms with van der Waals surface area (Å²) < 4.78 is 5.69. The van der Waals surface area contributed by atoms with Gasteiger partial charge in [-0.3, -0.25) is 10.4 Å². The average molecular weight is 248 g/mol. The average Bonchev–Trinajstić information content (AvgIpc) is 2.76. The lowest BCUT2D eigenvalue weighted by Gasteiger charge is -2.19. The Hall–Kier alpha value is -1.62.